The Labute approximate surface area is 102 Å². The lowest BCUT2D eigenvalue weighted by atomic mass is 9.72. The maximum atomic E-state index is 11.6. The number of benzene rings is 1. The van der Waals surface area contributed by atoms with Crippen LogP contribution in [-0.4, -0.2) is 13.1 Å². The molecule has 0 bridgehead atoms. The standard InChI is InChI=1S/C15H16O2/c1-10(2)14-12(9-13(14)15(16)17-3)11-7-5-4-6-8-11/h4-8,13H,1,9H2,2-3H3. The third-order valence-electron chi connectivity index (χ3n) is 3.15. The van der Waals surface area contributed by atoms with Crippen LogP contribution in [0.3, 0.4) is 0 Å². The first kappa shape index (κ1) is 11.6. The minimum absolute atomic E-state index is 0.132. The Hall–Kier alpha value is -1.83. The van der Waals surface area contributed by atoms with Gasteiger partial charge in [-0.15, -0.1) is 0 Å². The van der Waals surface area contributed by atoms with Gasteiger partial charge in [0.05, 0.1) is 13.0 Å². The highest BCUT2D eigenvalue weighted by molar-refractivity contribution is 5.91. The van der Waals surface area contributed by atoms with Gasteiger partial charge in [-0.2, -0.15) is 0 Å². The van der Waals surface area contributed by atoms with Crippen LogP contribution in [0, 0.1) is 5.92 Å². The fourth-order valence-corrected chi connectivity index (χ4v) is 2.31. The van der Waals surface area contributed by atoms with E-state index in [2.05, 4.69) is 18.7 Å². The van der Waals surface area contributed by atoms with Gasteiger partial charge >= 0.3 is 5.97 Å². The van der Waals surface area contributed by atoms with Gasteiger partial charge in [0.2, 0.25) is 0 Å². The molecule has 17 heavy (non-hydrogen) atoms. The zero-order chi connectivity index (χ0) is 12.4. The third-order valence-corrected chi connectivity index (χ3v) is 3.15. The monoisotopic (exact) mass is 228 g/mol. The quantitative estimate of drug-likeness (QED) is 0.742. The largest absolute Gasteiger partial charge is 0.469 e. The van der Waals surface area contributed by atoms with Gasteiger partial charge < -0.3 is 4.74 Å². The van der Waals surface area contributed by atoms with Gasteiger partial charge in [-0.25, -0.2) is 0 Å². The van der Waals surface area contributed by atoms with E-state index in [-0.39, 0.29) is 11.9 Å². The van der Waals surface area contributed by atoms with E-state index in [0.29, 0.717) is 0 Å². The molecule has 2 nitrogen and oxygen atoms in total. The Kier molecular flexibility index (Phi) is 3.14. The van der Waals surface area contributed by atoms with E-state index in [1.54, 1.807) is 0 Å². The Morgan fingerprint density at radius 1 is 1.35 bits per heavy atom. The number of ether oxygens (including phenoxy) is 1. The molecule has 1 unspecified atom stereocenters. The molecule has 0 saturated carbocycles. The van der Waals surface area contributed by atoms with Crippen molar-refractivity contribution < 1.29 is 9.53 Å². The van der Waals surface area contributed by atoms with Crippen LogP contribution in [0.25, 0.3) is 5.57 Å². The molecular weight excluding hydrogens is 212 g/mol. The summed E-state index contributed by atoms with van der Waals surface area (Å²) < 4.78 is 4.80. The first-order valence-corrected chi connectivity index (χ1v) is 5.67. The van der Waals surface area contributed by atoms with Crippen molar-refractivity contribution in [2.75, 3.05) is 7.11 Å². The summed E-state index contributed by atoms with van der Waals surface area (Å²) in [6.45, 7) is 5.89. The summed E-state index contributed by atoms with van der Waals surface area (Å²) in [6.07, 6.45) is 0.749. The lowest BCUT2D eigenvalue weighted by molar-refractivity contribution is -0.144. The van der Waals surface area contributed by atoms with Crippen LogP contribution in [0.2, 0.25) is 0 Å². The number of carbonyl (C=O) groups excluding carboxylic acids is 1. The lowest BCUT2D eigenvalue weighted by Crippen LogP contribution is -2.27. The second-order valence-corrected chi connectivity index (χ2v) is 4.32. The Morgan fingerprint density at radius 3 is 2.53 bits per heavy atom. The van der Waals surface area contributed by atoms with Crippen LogP contribution in [-0.2, 0) is 9.53 Å². The summed E-state index contributed by atoms with van der Waals surface area (Å²) in [6, 6.07) is 10.1. The van der Waals surface area contributed by atoms with E-state index in [4.69, 9.17) is 4.74 Å². The van der Waals surface area contributed by atoms with E-state index < -0.39 is 0 Å². The molecule has 0 fully saturated rings. The van der Waals surface area contributed by atoms with Crippen molar-refractivity contribution in [3.63, 3.8) is 0 Å². The summed E-state index contributed by atoms with van der Waals surface area (Å²) in [5.74, 6) is -0.296. The van der Waals surface area contributed by atoms with Gasteiger partial charge in [-0.3, -0.25) is 4.79 Å². The second kappa shape index (κ2) is 4.58. The van der Waals surface area contributed by atoms with Crippen LogP contribution in [0.4, 0.5) is 0 Å². The first-order valence-electron chi connectivity index (χ1n) is 5.67. The number of allylic oxidation sites excluding steroid dienone is 2. The number of rotatable bonds is 3. The molecule has 0 N–H and O–H groups in total. The molecule has 0 radical (unpaired) electrons. The zero-order valence-electron chi connectivity index (χ0n) is 10.2. The fraction of sp³-hybridized carbons (Fsp3) is 0.267. The summed E-state index contributed by atoms with van der Waals surface area (Å²) in [4.78, 5) is 11.6. The molecule has 0 heterocycles. The molecule has 1 aliphatic carbocycles. The van der Waals surface area contributed by atoms with Crippen molar-refractivity contribution in [1.29, 1.82) is 0 Å². The molecule has 2 rings (SSSR count). The SMILES string of the molecule is C=C(C)C1=C(c2ccccc2)CC1C(=O)OC. The summed E-state index contributed by atoms with van der Waals surface area (Å²) >= 11 is 0. The predicted octanol–water partition coefficient (Wildman–Crippen LogP) is 3.21. The highest BCUT2D eigenvalue weighted by Crippen LogP contribution is 2.44. The average Bonchev–Trinajstić information content (AvgIpc) is 2.28. The van der Waals surface area contributed by atoms with Crippen LogP contribution < -0.4 is 0 Å². The van der Waals surface area contributed by atoms with E-state index in [1.807, 2.05) is 25.1 Å². The van der Waals surface area contributed by atoms with Crippen molar-refractivity contribution in [2.24, 2.45) is 5.92 Å². The molecule has 0 aliphatic heterocycles. The van der Waals surface area contributed by atoms with E-state index in [1.165, 1.54) is 18.2 Å². The third kappa shape index (κ3) is 2.03. The van der Waals surface area contributed by atoms with Crippen molar-refractivity contribution in [1.82, 2.24) is 0 Å². The molecule has 88 valence electrons. The van der Waals surface area contributed by atoms with Crippen molar-refractivity contribution >= 4 is 11.5 Å². The van der Waals surface area contributed by atoms with Gasteiger partial charge in [0.15, 0.2) is 0 Å². The molecule has 1 atom stereocenters. The average molecular weight is 228 g/mol. The molecule has 0 saturated heterocycles. The minimum Gasteiger partial charge on any atom is -0.469 e. The van der Waals surface area contributed by atoms with Crippen LogP contribution in [0.15, 0.2) is 48.1 Å². The van der Waals surface area contributed by atoms with Crippen molar-refractivity contribution in [2.45, 2.75) is 13.3 Å². The molecule has 0 amide bonds. The topological polar surface area (TPSA) is 26.3 Å². The number of esters is 1. The van der Waals surface area contributed by atoms with Crippen LogP contribution >= 0.6 is 0 Å². The maximum Gasteiger partial charge on any atom is 0.313 e. The molecule has 1 aliphatic rings. The maximum absolute atomic E-state index is 11.6. The number of methoxy groups -OCH3 is 1. The number of carbonyl (C=O) groups is 1. The number of hydrogen-bond donors (Lipinski definition) is 0. The van der Waals surface area contributed by atoms with Gasteiger partial charge in [0.1, 0.15) is 0 Å². The van der Waals surface area contributed by atoms with Crippen molar-refractivity contribution in [3.8, 4) is 0 Å². The molecular formula is C15H16O2. The van der Waals surface area contributed by atoms with E-state index in [0.717, 1.165) is 17.6 Å². The molecule has 1 aromatic carbocycles. The molecule has 0 aromatic heterocycles. The summed E-state index contributed by atoms with van der Waals surface area (Å²) in [7, 11) is 1.43. The number of hydrogen-bond acceptors (Lipinski definition) is 2. The molecule has 1 aromatic rings. The highest BCUT2D eigenvalue weighted by atomic mass is 16.5. The summed E-state index contributed by atoms with van der Waals surface area (Å²) in [5.41, 5.74) is 4.38. The van der Waals surface area contributed by atoms with Gasteiger partial charge in [0.25, 0.3) is 0 Å². The van der Waals surface area contributed by atoms with Crippen LogP contribution in [0.5, 0.6) is 0 Å². The van der Waals surface area contributed by atoms with Crippen LogP contribution in [0.1, 0.15) is 18.9 Å². The lowest BCUT2D eigenvalue weighted by Gasteiger charge is -2.32. The normalized spacial score (nSPS) is 18.6. The Balaban J connectivity index is 2.37. The van der Waals surface area contributed by atoms with Gasteiger partial charge in [-0.05, 0) is 30.1 Å². The van der Waals surface area contributed by atoms with Gasteiger partial charge in [-0.1, -0.05) is 42.5 Å². The van der Waals surface area contributed by atoms with E-state index in [9.17, 15) is 4.79 Å². The minimum atomic E-state index is -0.164. The Bertz CT molecular complexity index is 483. The molecule has 2 heteroatoms. The predicted molar refractivity (Wildman–Crippen MR) is 68.3 cm³/mol. The smallest absolute Gasteiger partial charge is 0.313 e. The van der Waals surface area contributed by atoms with Gasteiger partial charge in [0, 0.05) is 0 Å². The first-order chi connectivity index (χ1) is 8.15. The zero-order valence-corrected chi connectivity index (χ0v) is 10.2. The van der Waals surface area contributed by atoms with E-state index >= 15 is 0 Å². The Morgan fingerprint density at radius 2 is 2.00 bits per heavy atom. The van der Waals surface area contributed by atoms with Crippen molar-refractivity contribution in [3.05, 3.63) is 53.6 Å². The molecule has 0 spiro atoms. The second-order valence-electron chi connectivity index (χ2n) is 4.32. The fourth-order valence-electron chi connectivity index (χ4n) is 2.31. The summed E-state index contributed by atoms with van der Waals surface area (Å²) in [5, 5.41) is 0. The highest BCUT2D eigenvalue weighted by Gasteiger charge is 2.36.